The lowest BCUT2D eigenvalue weighted by Crippen LogP contribution is -2.58. The van der Waals surface area contributed by atoms with E-state index in [-0.39, 0.29) is 18.6 Å². The minimum atomic E-state index is -0.557. The topological polar surface area (TPSA) is 69.8 Å². The van der Waals surface area contributed by atoms with Crippen LogP contribution in [0.25, 0.3) is 0 Å². The van der Waals surface area contributed by atoms with Gasteiger partial charge in [0.15, 0.2) is 0 Å². The number of likely N-dealkylation sites (tertiary alicyclic amines) is 1. The molecular formula is C13H27N3O2. The van der Waals surface area contributed by atoms with E-state index < -0.39 is 5.54 Å². The monoisotopic (exact) mass is 257 g/mol. The van der Waals surface area contributed by atoms with Gasteiger partial charge in [0.2, 0.25) is 5.91 Å². The van der Waals surface area contributed by atoms with E-state index in [1.54, 1.807) is 0 Å². The molecule has 0 aliphatic carbocycles. The molecule has 5 heteroatoms. The van der Waals surface area contributed by atoms with Gasteiger partial charge in [-0.25, -0.2) is 0 Å². The van der Waals surface area contributed by atoms with Gasteiger partial charge >= 0.3 is 0 Å². The zero-order valence-corrected chi connectivity index (χ0v) is 11.9. The van der Waals surface area contributed by atoms with Crippen LogP contribution in [0.5, 0.6) is 0 Å². The van der Waals surface area contributed by atoms with Gasteiger partial charge in [0.05, 0.1) is 12.1 Å². The second-order valence-electron chi connectivity index (χ2n) is 5.49. The van der Waals surface area contributed by atoms with E-state index in [9.17, 15) is 4.79 Å². The highest BCUT2D eigenvalue weighted by Gasteiger charge is 2.37. The molecule has 1 aliphatic rings. The maximum absolute atomic E-state index is 12.6. The maximum Gasteiger partial charge on any atom is 0.242 e. The van der Waals surface area contributed by atoms with E-state index in [1.165, 1.54) is 0 Å². The summed E-state index contributed by atoms with van der Waals surface area (Å²) in [5, 5.41) is 9.07. The number of β-amino-alcohol motifs (C(OH)–C–C–N with tert-alkyl or cyclic N) is 1. The normalized spacial score (nSPS) is 18.4. The van der Waals surface area contributed by atoms with Crippen LogP contribution < -0.4 is 5.73 Å². The standard InChI is InChI=1S/C13H27N3O2/c1-4-16(9-10-17)13(2,3)12(18)15-7-5-11(14)6-8-15/h11,17H,4-10,14H2,1-3H3. The average Bonchev–Trinajstić information content (AvgIpc) is 2.35. The first kappa shape index (κ1) is 15.4. The smallest absolute Gasteiger partial charge is 0.242 e. The first-order valence-electron chi connectivity index (χ1n) is 6.84. The number of hydrogen-bond acceptors (Lipinski definition) is 4. The van der Waals surface area contributed by atoms with E-state index in [0.717, 1.165) is 32.5 Å². The summed E-state index contributed by atoms with van der Waals surface area (Å²) in [5.74, 6) is 0.143. The fourth-order valence-corrected chi connectivity index (χ4v) is 2.58. The highest BCUT2D eigenvalue weighted by atomic mass is 16.3. The lowest BCUT2D eigenvalue weighted by molar-refractivity contribution is -0.144. The maximum atomic E-state index is 12.6. The Morgan fingerprint density at radius 1 is 1.44 bits per heavy atom. The van der Waals surface area contributed by atoms with Crippen LogP contribution in [0.2, 0.25) is 0 Å². The van der Waals surface area contributed by atoms with Crippen LogP contribution >= 0.6 is 0 Å². The summed E-state index contributed by atoms with van der Waals surface area (Å²) in [4.78, 5) is 16.5. The second kappa shape index (κ2) is 6.50. The number of nitrogens with two attached hydrogens (primary N) is 1. The number of amides is 1. The van der Waals surface area contributed by atoms with E-state index in [0.29, 0.717) is 6.54 Å². The first-order valence-corrected chi connectivity index (χ1v) is 6.84. The van der Waals surface area contributed by atoms with Crippen molar-refractivity contribution in [2.24, 2.45) is 5.73 Å². The molecule has 1 aliphatic heterocycles. The fourth-order valence-electron chi connectivity index (χ4n) is 2.58. The Kier molecular flexibility index (Phi) is 5.56. The van der Waals surface area contributed by atoms with Crippen LogP contribution in [0.4, 0.5) is 0 Å². The summed E-state index contributed by atoms with van der Waals surface area (Å²) in [6.45, 7) is 8.74. The number of aliphatic hydroxyl groups excluding tert-OH is 1. The van der Waals surface area contributed by atoms with Crippen LogP contribution in [-0.4, -0.2) is 65.2 Å². The predicted molar refractivity (Wildman–Crippen MR) is 72.2 cm³/mol. The Morgan fingerprint density at radius 2 is 2.00 bits per heavy atom. The first-order chi connectivity index (χ1) is 8.43. The third kappa shape index (κ3) is 3.43. The molecule has 1 heterocycles. The zero-order chi connectivity index (χ0) is 13.8. The molecule has 3 N–H and O–H groups in total. The van der Waals surface area contributed by atoms with E-state index >= 15 is 0 Å². The predicted octanol–water partition coefficient (Wildman–Crippen LogP) is 0.0289. The van der Waals surface area contributed by atoms with Crippen molar-refractivity contribution in [3.8, 4) is 0 Å². The number of nitrogens with zero attached hydrogens (tertiary/aromatic N) is 2. The van der Waals surface area contributed by atoms with Crippen LogP contribution in [0.1, 0.15) is 33.6 Å². The van der Waals surface area contributed by atoms with Crippen molar-refractivity contribution < 1.29 is 9.90 Å². The third-order valence-electron chi connectivity index (χ3n) is 3.89. The fraction of sp³-hybridized carbons (Fsp3) is 0.923. The molecule has 1 amide bonds. The van der Waals surface area contributed by atoms with Crippen molar-refractivity contribution in [3.63, 3.8) is 0 Å². The van der Waals surface area contributed by atoms with Gasteiger partial charge in [0.25, 0.3) is 0 Å². The molecule has 18 heavy (non-hydrogen) atoms. The Balaban J connectivity index is 2.68. The molecule has 0 radical (unpaired) electrons. The molecule has 0 aromatic carbocycles. The quantitative estimate of drug-likeness (QED) is 0.729. The number of hydrogen-bond donors (Lipinski definition) is 2. The number of carbonyl (C=O) groups excluding carboxylic acids is 1. The molecule has 0 aromatic rings. The van der Waals surface area contributed by atoms with Gasteiger partial charge in [-0.3, -0.25) is 9.69 Å². The second-order valence-corrected chi connectivity index (χ2v) is 5.49. The van der Waals surface area contributed by atoms with Gasteiger partial charge in [-0.05, 0) is 33.2 Å². The molecular weight excluding hydrogens is 230 g/mol. The summed E-state index contributed by atoms with van der Waals surface area (Å²) >= 11 is 0. The Morgan fingerprint density at radius 3 is 2.44 bits per heavy atom. The molecule has 0 unspecified atom stereocenters. The molecule has 5 nitrogen and oxygen atoms in total. The highest BCUT2D eigenvalue weighted by Crippen LogP contribution is 2.20. The summed E-state index contributed by atoms with van der Waals surface area (Å²) in [6, 6.07) is 0.233. The molecule has 0 aromatic heterocycles. The van der Waals surface area contributed by atoms with Crippen molar-refractivity contribution in [1.29, 1.82) is 0 Å². The van der Waals surface area contributed by atoms with Crippen molar-refractivity contribution in [1.82, 2.24) is 9.80 Å². The van der Waals surface area contributed by atoms with Crippen molar-refractivity contribution in [2.45, 2.75) is 45.2 Å². The minimum absolute atomic E-state index is 0.0788. The molecule has 1 fully saturated rings. The van der Waals surface area contributed by atoms with E-state index in [4.69, 9.17) is 10.8 Å². The van der Waals surface area contributed by atoms with Gasteiger partial charge in [-0.2, -0.15) is 0 Å². The van der Waals surface area contributed by atoms with Crippen molar-refractivity contribution >= 4 is 5.91 Å². The lowest BCUT2D eigenvalue weighted by Gasteiger charge is -2.41. The van der Waals surface area contributed by atoms with Crippen LogP contribution in [0.15, 0.2) is 0 Å². The molecule has 0 atom stereocenters. The van der Waals surface area contributed by atoms with Crippen LogP contribution in [0, 0.1) is 0 Å². The molecule has 0 saturated carbocycles. The molecule has 0 bridgehead atoms. The zero-order valence-electron chi connectivity index (χ0n) is 11.9. The Hall–Kier alpha value is -0.650. The van der Waals surface area contributed by atoms with Gasteiger partial charge in [0, 0.05) is 25.7 Å². The van der Waals surface area contributed by atoms with Crippen molar-refractivity contribution in [2.75, 3.05) is 32.8 Å². The molecule has 0 spiro atoms. The largest absolute Gasteiger partial charge is 0.395 e. The Bertz CT molecular complexity index is 273. The number of piperidine rings is 1. The van der Waals surface area contributed by atoms with Gasteiger partial charge in [-0.1, -0.05) is 6.92 Å². The van der Waals surface area contributed by atoms with Gasteiger partial charge < -0.3 is 15.7 Å². The summed E-state index contributed by atoms with van der Waals surface area (Å²) in [5.41, 5.74) is 5.30. The van der Waals surface area contributed by atoms with Crippen LogP contribution in [0.3, 0.4) is 0 Å². The SMILES string of the molecule is CCN(CCO)C(C)(C)C(=O)N1CCC(N)CC1. The van der Waals surface area contributed by atoms with E-state index in [1.807, 2.05) is 30.6 Å². The Labute approximate surface area is 110 Å². The molecule has 1 rings (SSSR count). The minimum Gasteiger partial charge on any atom is -0.395 e. The van der Waals surface area contributed by atoms with Crippen LogP contribution in [-0.2, 0) is 4.79 Å². The third-order valence-corrected chi connectivity index (χ3v) is 3.89. The van der Waals surface area contributed by atoms with E-state index in [2.05, 4.69) is 0 Å². The molecule has 1 saturated heterocycles. The van der Waals surface area contributed by atoms with Gasteiger partial charge in [0.1, 0.15) is 0 Å². The number of aliphatic hydroxyl groups is 1. The van der Waals surface area contributed by atoms with Crippen molar-refractivity contribution in [3.05, 3.63) is 0 Å². The summed E-state index contributed by atoms with van der Waals surface area (Å²) < 4.78 is 0. The molecule has 106 valence electrons. The lowest BCUT2D eigenvalue weighted by atomic mass is 9.97. The number of rotatable bonds is 5. The number of carbonyl (C=O) groups is 1. The van der Waals surface area contributed by atoms with Gasteiger partial charge in [-0.15, -0.1) is 0 Å². The summed E-state index contributed by atoms with van der Waals surface area (Å²) in [7, 11) is 0. The number of likely N-dealkylation sites (N-methyl/N-ethyl adjacent to an activating group) is 1. The highest BCUT2D eigenvalue weighted by molar-refractivity contribution is 5.85. The average molecular weight is 257 g/mol. The summed E-state index contributed by atoms with van der Waals surface area (Å²) in [6.07, 6.45) is 1.77.